The molecule has 0 saturated carbocycles. The fraction of sp³-hybridized carbons (Fsp3) is 0.500. The number of aryl methyl sites for hydroxylation is 2. The van der Waals surface area contributed by atoms with Crippen LogP contribution in [0.1, 0.15) is 138 Å². The molecule has 0 radical (unpaired) electrons. The number of carbonyl (C=O) groups is 3. The van der Waals surface area contributed by atoms with Gasteiger partial charge in [0.1, 0.15) is 53.8 Å². The van der Waals surface area contributed by atoms with Gasteiger partial charge in [-0.05, 0) is 116 Å². The number of aliphatic hydroxyl groups excluding tert-OH is 1. The van der Waals surface area contributed by atoms with Crippen molar-refractivity contribution in [2.45, 2.75) is 149 Å². The molecule has 1 N–H and O–H groups in total. The first-order valence-electron chi connectivity index (χ1n) is 22.0. The second-order valence-corrected chi connectivity index (χ2v) is 18.1. The molecule has 0 spiro atoms. The Hall–Kier alpha value is -5.49. The lowest BCUT2D eigenvalue weighted by Gasteiger charge is -2.35. The van der Waals surface area contributed by atoms with Crippen molar-refractivity contribution in [2.75, 3.05) is 13.1 Å². The highest BCUT2D eigenvalue weighted by atomic mass is 16.6. The average molecular weight is 851 g/mol. The number of aromatic nitrogens is 2. The first kappa shape index (κ1) is 47.6. The lowest BCUT2D eigenvalue weighted by molar-refractivity contribution is -0.00727. The third-order valence-electron chi connectivity index (χ3n) is 10.5. The Morgan fingerprint density at radius 3 is 1.68 bits per heavy atom. The molecule has 2 amide bonds. The Morgan fingerprint density at radius 2 is 1.11 bits per heavy atom. The van der Waals surface area contributed by atoms with Crippen LogP contribution in [-0.4, -0.2) is 79.2 Å². The zero-order valence-corrected chi connectivity index (χ0v) is 37.9. The normalized spacial score (nSPS) is 17.6. The molecule has 2 aliphatic heterocycles. The van der Waals surface area contributed by atoms with E-state index in [2.05, 4.69) is 9.97 Å². The van der Waals surface area contributed by atoms with Crippen LogP contribution in [-0.2, 0) is 22.7 Å². The number of amides is 2. The molecule has 12 heteroatoms. The van der Waals surface area contributed by atoms with Crippen molar-refractivity contribution in [2.24, 2.45) is 0 Å². The van der Waals surface area contributed by atoms with Gasteiger partial charge in [0.25, 0.3) is 0 Å². The van der Waals surface area contributed by atoms with E-state index < -0.39 is 41.6 Å². The SMILES string of the molecule is Cc1ccc(OCc2ccccc2)c(C(=O)C2CCCCCN2C(=O)OC(C)(C)C)n1.Cc1ccc(OCc2ccccc2)c(C(O)C2CCCCCN2C(=O)OC(C)(C)C)n1. The van der Waals surface area contributed by atoms with Crippen LogP contribution in [0, 0.1) is 13.8 Å². The van der Waals surface area contributed by atoms with Gasteiger partial charge in [-0.3, -0.25) is 14.7 Å². The molecule has 6 rings (SSSR count). The topological polar surface area (TPSA) is 141 Å². The Labute approximate surface area is 368 Å². The van der Waals surface area contributed by atoms with Crippen molar-refractivity contribution in [1.82, 2.24) is 19.8 Å². The number of Topliss-reactive ketones (excluding diaryl/α,β-unsaturated/α-hetero) is 1. The molecule has 2 aromatic carbocycles. The molecule has 4 aromatic rings. The second-order valence-electron chi connectivity index (χ2n) is 18.1. The molecule has 2 fully saturated rings. The summed E-state index contributed by atoms with van der Waals surface area (Å²) >= 11 is 0. The van der Waals surface area contributed by atoms with Crippen LogP contribution in [0.5, 0.6) is 11.5 Å². The van der Waals surface area contributed by atoms with Crippen LogP contribution < -0.4 is 9.47 Å². The van der Waals surface area contributed by atoms with E-state index >= 15 is 0 Å². The van der Waals surface area contributed by atoms with E-state index in [1.807, 2.05) is 134 Å². The molecule has 0 aliphatic carbocycles. The van der Waals surface area contributed by atoms with Crippen LogP contribution in [0.3, 0.4) is 0 Å². The van der Waals surface area contributed by atoms with Crippen molar-refractivity contribution in [3.05, 3.63) is 119 Å². The number of ether oxygens (including phenoxy) is 4. The molecule has 3 unspecified atom stereocenters. The number of aliphatic hydroxyl groups is 1. The van der Waals surface area contributed by atoms with Crippen molar-refractivity contribution in [3.8, 4) is 11.5 Å². The fourth-order valence-corrected chi connectivity index (χ4v) is 7.48. The summed E-state index contributed by atoms with van der Waals surface area (Å²) in [5.41, 5.74) is 3.09. The molecule has 3 atom stereocenters. The summed E-state index contributed by atoms with van der Waals surface area (Å²) in [6.07, 6.45) is 5.02. The first-order chi connectivity index (χ1) is 29.5. The van der Waals surface area contributed by atoms with Gasteiger partial charge in [0.2, 0.25) is 5.78 Å². The zero-order chi connectivity index (χ0) is 44.9. The largest absolute Gasteiger partial charge is 0.487 e. The van der Waals surface area contributed by atoms with Gasteiger partial charge in [-0.15, -0.1) is 0 Å². The average Bonchev–Trinajstić information content (AvgIpc) is 3.64. The summed E-state index contributed by atoms with van der Waals surface area (Å²) in [7, 11) is 0. The maximum atomic E-state index is 13.6. The number of nitrogens with zero attached hydrogens (tertiary/aromatic N) is 4. The van der Waals surface area contributed by atoms with Gasteiger partial charge in [0.15, 0.2) is 5.69 Å². The summed E-state index contributed by atoms with van der Waals surface area (Å²) in [5, 5.41) is 11.4. The number of rotatable bonds is 10. The smallest absolute Gasteiger partial charge is 0.410 e. The number of likely N-dealkylation sites (tertiary alicyclic amines) is 2. The van der Waals surface area contributed by atoms with Crippen molar-refractivity contribution in [3.63, 3.8) is 0 Å². The molecular formula is C50H66N4O8. The van der Waals surface area contributed by atoms with E-state index in [-0.39, 0.29) is 11.5 Å². The van der Waals surface area contributed by atoms with Gasteiger partial charge in [0.05, 0.1) is 6.04 Å². The molecule has 2 aliphatic rings. The number of ketones is 1. The number of hydrogen-bond acceptors (Lipinski definition) is 10. The number of pyridine rings is 2. The van der Waals surface area contributed by atoms with Gasteiger partial charge in [-0.2, -0.15) is 0 Å². The number of benzene rings is 2. The highest BCUT2D eigenvalue weighted by Crippen LogP contribution is 2.34. The van der Waals surface area contributed by atoms with Crippen LogP contribution in [0.25, 0.3) is 0 Å². The van der Waals surface area contributed by atoms with E-state index in [1.165, 1.54) is 0 Å². The summed E-state index contributed by atoms with van der Waals surface area (Å²) in [6, 6.07) is 26.0. The Bertz CT molecular complexity index is 2060. The monoisotopic (exact) mass is 850 g/mol. The molecule has 0 bridgehead atoms. The highest BCUT2D eigenvalue weighted by Gasteiger charge is 2.38. The first-order valence-corrected chi connectivity index (χ1v) is 22.0. The lowest BCUT2D eigenvalue weighted by atomic mass is 10.00. The quantitative estimate of drug-likeness (QED) is 0.153. The van der Waals surface area contributed by atoms with Gasteiger partial charge in [0, 0.05) is 24.5 Å². The van der Waals surface area contributed by atoms with E-state index in [0.29, 0.717) is 56.3 Å². The zero-order valence-electron chi connectivity index (χ0n) is 37.9. The lowest BCUT2D eigenvalue weighted by Crippen LogP contribution is -2.47. The Kier molecular flexibility index (Phi) is 16.9. The van der Waals surface area contributed by atoms with Crippen LogP contribution in [0.2, 0.25) is 0 Å². The van der Waals surface area contributed by atoms with Gasteiger partial charge >= 0.3 is 12.2 Å². The minimum Gasteiger partial charge on any atom is -0.487 e. The third-order valence-corrected chi connectivity index (χ3v) is 10.5. The number of hydrogen-bond donors (Lipinski definition) is 1. The van der Waals surface area contributed by atoms with Crippen molar-refractivity contribution < 1.29 is 38.4 Å². The fourth-order valence-electron chi connectivity index (χ4n) is 7.48. The van der Waals surface area contributed by atoms with Gasteiger partial charge < -0.3 is 29.0 Å². The van der Waals surface area contributed by atoms with E-state index in [4.69, 9.17) is 18.9 Å². The highest BCUT2D eigenvalue weighted by molar-refractivity contribution is 6.02. The Morgan fingerprint density at radius 1 is 0.629 bits per heavy atom. The second kappa shape index (κ2) is 22.0. The summed E-state index contributed by atoms with van der Waals surface area (Å²) in [4.78, 5) is 51.8. The minimum absolute atomic E-state index is 0.195. The predicted molar refractivity (Wildman–Crippen MR) is 239 cm³/mol. The van der Waals surface area contributed by atoms with Crippen molar-refractivity contribution >= 4 is 18.0 Å². The number of carbonyl (C=O) groups excluding carboxylic acids is 3. The van der Waals surface area contributed by atoms with Gasteiger partial charge in [-0.1, -0.05) is 86.3 Å². The van der Waals surface area contributed by atoms with E-state index in [9.17, 15) is 19.5 Å². The van der Waals surface area contributed by atoms with Crippen molar-refractivity contribution in [1.29, 1.82) is 0 Å². The predicted octanol–water partition coefficient (Wildman–Crippen LogP) is 10.5. The van der Waals surface area contributed by atoms with Crippen LogP contribution in [0.4, 0.5) is 9.59 Å². The molecule has 2 aromatic heterocycles. The standard InChI is InChI=1S/C25H34N2O4.C25H32N2O4/c2*1-18-14-15-21(30-17-19-11-7-5-8-12-19)22(26-18)23(28)20-13-9-6-10-16-27(20)24(29)31-25(2,3)4/h5,7-8,11-12,14-15,20,23,28H,6,9-10,13,16-17H2,1-4H3;5,7-8,11-12,14-15,20H,6,9-10,13,16-17H2,1-4H3. The van der Waals surface area contributed by atoms with Crippen LogP contribution >= 0.6 is 0 Å². The third kappa shape index (κ3) is 14.3. The summed E-state index contributed by atoms with van der Waals surface area (Å²) in [5.74, 6) is 0.780. The van der Waals surface area contributed by atoms with Crippen LogP contribution in [0.15, 0.2) is 84.9 Å². The molecule has 4 heterocycles. The summed E-state index contributed by atoms with van der Waals surface area (Å²) in [6.45, 7) is 16.6. The Balaban J connectivity index is 0.000000234. The molecule has 12 nitrogen and oxygen atoms in total. The molecular weight excluding hydrogens is 785 g/mol. The molecule has 2 saturated heterocycles. The minimum atomic E-state index is -0.962. The molecule has 334 valence electrons. The van der Waals surface area contributed by atoms with Gasteiger partial charge in [-0.25, -0.2) is 14.6 Å². The van der Waals surface area contributed by atoms with E-state index in [0.717, 1.165) is 61.0 Å². The maximum Gasteiger partial charge on any atom is 0.410 e. The summed E-state index contributed by atoms with van der Waals surface area (Å²) < 4.78 is 23.2. The maximum absolute atomic E-state index is 13.6. The molecule has 62 heavy (non-hydrogen) atoms. The van der Waals surface area contributed by atoms with E-state index in [1.54, 1.807) is 15.9 Å².